The van der Waals surface area contributed by atoms with Gasteiger partial charge in [-0.3, -0.25) is 4.79 Å². The number of amides is 1. The number of aromatic nitrogens is 1. The molecule has 0 spiro atoms. The molecule has 2 aromatic carbocycles. The molecule has 3 rings (SSSR count). The summed E-state index contributed by atoms with van der Waals surface area (Å²) >= 11 is 1.74. The Balaban J connectivity index is 1.41. The molecule has 1 amide bonds. The summed E-state index contributed by atoms with van der Waals surface area (Å²) in [5.41, 5.74) is 5.23. The van der Waals surface area contributed by atoms with Crippen molar-refractivity contribution < 1.29 is 18.8 Å². The number of hydrogen-bond acceptors (Lipinski definition) is 4. The van der Waals surface area contributed by atoms with Crippen molar-refractivity contribution in [1.29, 1.82) is 0 Å². The maximum Gasteiger partial charge on any atom is 0.225 e. The van der Waals surface area contributed by atoms with Crippen LogP contribution in [-0.2, 0) is 17.9 Å². The zero-order valence-corrected chi connectivity index (χ0v) is 26.6. The first-order valence-electron chi connectivity index (χ1n) is 15.6. The number of thiazole rings is 1. The molecule has 6 heteroatoms. The number of rotatable bonds is 20. The van der Waals surface area contributed by atoms with Gasteiger partial charge >= 0.3 is 0 Å². The molecule has 3 aromatic rings. The molecule has 0 unspecified atom stereocenters. The standard InChI is InChI=1S/C35H51N2O3S/c1-5-6-7-8-9-10-11-12-13-14-15-16-23-40-34-22-19-32(24-35(34)39-4)27-37(30(3)38)33-20-17-31(18-21-33)26-36-25-29(2)41-28-36/h17-22,24-25,28H,5-16,23,26-27H2,1-4H3/q+1. The number of aryl methyl sites for hydroxylation is 1. The first-order chi connectivity index (χ1) is 20.0. The van der Waals surface area contributed by atoms with Crippen LogP contribution >= 0.6 is 11.3 Å². The molecule has 41 heavy (non-hydrogen) atoms. The van der Waals surface area contributed by atoms with E-state index in [2.05, 4.69) is 42.3 Å². The van der Waals surface area contributed by atoms with Crippen molar-refractivity contribution in [1.82, 2.24) is 0 Å². The summed E-state index contributed by atoms with van der Waals surface area (Å²) in [6.45, 7) is 7.99. The third-order valence-corrected chi connectivity index (χ3v) is 8.39. The molecular formula is C35H51N2O3S+. The summed E-state index contributed by atoms with van der Waals surface area (Å²) in [4.78, 5) is 15.7. The lowest BCUT2D eigenvalue weighted by atomic mass is 10.1. The topological polar surface area (TPSA) is 42.7 Å². The molecule has 0 aliphatic heterocycles. The van der Waals surface area contributed by atoms with Crippen LogP contribution < -0.4 is 18.9 Å². The quantitative estimate of drug-likeness (QED) is 0.0991. The maximum atomic E-state index is 12.6. The van der Waals surface area contributed by atoms with Crippen molar-refractivity contribution in [2.45, 2.75) is 111 Å². The highest BCUT2D eigenvalue weighted by Crippen LogP contribution is 2.30. The Morgan fingerprint density at radius 3 is 2.00 bits per heavy atom. The number of methoxy groups -OCH3 is 1. The molecular weight excluding hydrogens is 528 g/mol. The fourth-order valence-corrected chi connectivity index (χ4v) is 5.78. The van der Waals surface area contributed by atoms with Crippen molar-refractivity contribution >= 4 is 22.9 Å². The highest BCUT2D eigenvalue weighted by molar-refractivity contribution is 7.09. The zero-order chi connectivity index (χ0) is 29.3. The van der Waals surface area contributed by atoms with Gasteiger partial charge in [0.05, 0.1) is 25.1 Å². The largest absolute Gasteiger partial charge is 0.493 e. The van der Waals surface area contributed by atoms with E-state index in [1.807, 2.05) is 30.3 Å². The monoisotopic (exact) mass is 579 g/mol. The third-order valence-electron chi connectivity index (χ3n) is 7.54. The normalized spacial score (nSPS) is 11.0. The minimum atomic E-state index is 0.00634. The first-order valence-corrected chi connectivity index (χ1v) is 16.5. The van der Waals surface area contributed by atoms with E-state index in [4.69, 9.17) is 9.47 Å². The predicted octanol–water partition coefficient (Wildman–Crippen LogP) is 9.03. The van der Waals surface area contributed by atoms with E-state index in [1.54, 1.807) is 30.3 Å². The summed E-state index contributed by atoms with van der Waals surface area (Å²) < 4.78 is 13.9. The number of carbonyl (C=O) groups is 1. The number of nitrogens with zero attached hydrogens (tertiary/aromatic N) is 2. The van der Waals surface area contributed by atoms with E-state index in [0.717, 1.165) is 30.0 Å². The van der Waals surface area contributed by atoms with E-state index in [0.29, 0.717) is 18.9 Å². The zero-order valence-electron chi connectivity index (χ0n) is 25.8. The molecule has 0 atom stereocenters. The minimum Gasteiger partial charge on any atom is -0.493 e. The lowest BCUT2D eigenvalue weighted by Gasteiger charge is -2.22. The minimum absolute atomic E-state index is 0.00634. The van der Waals surface area contributed by atoms with Crippen molar-refractivity contribution in [2.75, 3.05) is 18.6 Å². The van der Waals surface area contributed by atoms with Crippen LogP contribution in [0.15, 0.2) is 54.2 Å². The van der Waals surface area contributed by atoms with Crippen LogP contribution in [0.4, 0.5) is 5.69 Å². The second-order valence-electron chi connectivity index (χ2n) is 11.1. The summed E-state index contributed by atoms with van der Waals surface area (Å²) in [5, 5.41) is 0. The Kier molecular flexibility index (Phi) is 14.8. The summed E-state index contributed by atoms with van der Waals surface area (Å²) in [5.74, 6) is 1.48. The smallest absolute Gasteiger partial charge is 0.225 e. The lowest BCUT2D eigenvalue weighted by molar-refractivity contribution is -0.683. The predicted molar refractivity (Wildman–Crippen MR) is 171 cm³/mol. The van der Waals surface area contributed by atoms with Crippen molar-refractivity contribution in [2.24, 2.45) is 0 Å². The average Bonchev–Trinajstić information content (AvgIpc) is 3.39. The highest BCUT2D eigenvalue weighted by atomic mass is 32.1. The van der Waals surface area contributed by atoms with Crippen LogP contribution in [0.5, 0.6) is 11.5 Å². The summed E-state index contributed by atoms with van der Waals surface area (Å²) in [6.07, 6.45) is 18.1. The van der Waals surface area contributed by atoms with Crippen LogP contribution in [0.1, 0.15) is 107 Å². The second-order valence-corrected chi connectivity index (χ2v) is 12.2. The molecule has 1 aromatic heterocycles. The van der Waals surface area contributed by atoms with Gasteiger partial charge in [-0.05, 0) is 43.2 Å². The number of anilines is 1. The van der Waals surface area contributed by atoms with Gasteiger partial charge in [0.1, 0.15) is 0 Å². The number of unbranched alkanes of at least 4 members (excludes halogenated alkanes) is 11. The number of ether oxygens (including phenoxy) is 2. The molecule has 0 radical (unpaired) electrons. The van der Waals surface area contributed by atoms with Crippen LogP contribution in [0.2, 0.25) is 0 Å². The molecule has 0 aliphatic rings. The molecule has 0 aliphatic carbocycles. The van der Waals surface area contributed by atoms with Gasteiger partial charge in [0, 0.05) is 18.2 Å². The van der Waals surface area contributed by atoms with E-state index >= 15 is 0 Å². The van der Waals surface area contributed by atoms with Crippen LogP contribution in [-0.4, -0.2) is 19.6 Å². The fraction of sp³-hybridized carbons (Fsp3) is 0.543. The summed E-state index contributed by atoms with van der Waals surface area (Å²) in [7, 11) is 1.67. The molecule has 0 bridgehead atoms. The van der Waals surface area contributed by atoms with Gasteiger partial charge in [-0.15, -0.1) is 0 Å². The van der Waals surface area contributed by atoms with Gasteiger partial charge in [-0.1, -0.05) is 107 Å². The summed E-state index contributed by atoms with van der Waals surface area (Å²) in [6, 6.07) is 14.2. The average molecular weight is 580 g/mol. The van der Waals surface area contributed by atoms with Crippen LogP contribution in [0.3, 0.4) is 0 Å². The van der Waals surface area contributed by atoms with E-state index in [9.17, 15) is 4.79 Å². The van der Waals surface area contributed by atoms with Gasteiger partial charge in [-0.2, -0.15) is 4.57 Å². The van der Waals surface area contributed by atoms with E-state index in [-0.39, 0.29) is 5.91 Å². The van der Waals surface area contributed by atoms with Crippen LogP contribution in [0.25, 0.3) is 0 Å². The third kappa shape index (κ3) is 11.9. The molecule has 0 saturated carbocycles. The second kappa shape index (κ2) is 18.5. The number of benzene rings is 2. The Morgan fingerprint density at radius 1 is 0.829 bits per heavy atom. The molecule has 5 nitrogen and oxygen atoms in total. The Hall–Kier alpha value is -2.86. The SMILES string of the molecule is CCCCCCCCCCCCCCOc1ccc(CN(C(C)=O)c2ccc(C[n+]3csc(C)c3)cc2)cc1OC. The number of hydrogen-bond donors (Lipinski definition) is 0. The van der Waals surface area contributed by atoms with E-state index < -0.39 is 0 Å². The lowest BCUT2D eigenvalue weighted by Crippen LogP contribution is -2.31. The van der Waals surface area contributed by atoms with Gasteiger partial charge in [-0.25, -0.2) is 0 Å². The molecule has 224 valence electrons. The molecule has 0 fully saturated rings. The van der Waals surface area contributed by atoms with Crippen molar-refractivity contribution in [3.63, 3.8) is 0 Å². The van der Waals surface area contributed by atoms with Crippen LogP contribution in [0, 0.1) is 6.92 Å². The highest BCUT2D eigenvalue weighted by Gasteiger charge is 2.15. The van der Waals surface area contributed by atoms with E-state index in [1.165, 1.54) is 81.1 Å². The van der Waals surface area contributed by atoms with Gasteiger partial charge in [0.25, 0.3) is 0 Å². The van der Waals surface area contributed by atoms with Crippen molar-refractivity contribution in [3.8, 4) is 11.5 Å². The van der Waals surface area contributed by atoms with Gasteiger partial charge in [0.15, 0.2) is 24.2 Å². The Labute approximate surface area is 252 Å². The first kappa shape index (κ1) is 32.7. The Morgan fingerprint density at radius 2 is 1.44 bits per heavy atom. The van der Waals surface area contributed by atoms with Gasteiger partial charge in [0.2, 0.25) is 11.4 Å². The van der Waals surface area contributed by atoms with Gasteiger partial charge < -0.3 is 14.4 Å². The Bertz CT molecular complexity index is 1160. The van der Waals surface area contributed by atoms with Crippen molar-refractivity contribution in [3.05, 3.63) is 70.2 Å². The number of carbonyl (C=O) groups excluding carboxylic acids is 1. The molecule has 1 heterocycles. The fourth-order valence-electron chi connectivity index (χ4n) is 5.14. The molecule has 0 N–H and O–H groups in total. The molecule has 0 saturated heterocycles. The maximum absolute atomic E-state index is 12.6.